The number of rotatable bonds is 1. The predicted octanol–water partition coefficient (Wildman–Crippen LogP) is 0.894. The Balaban J connectivity index is 2.86. The Morgan fingerprint density at radius 3 is 2.92 bits per heavy atom. The lowest BCUT2D eigenvalue weighted by Crippen LogP contribution is -1.81. The molecule has 0 aliphatic carbocycles. The molecular weight excluding hydrogens is 164 g/mol. The second kappa shape index (κ2) is 4.69. The van der Waals surface area contributed by atoms with Crippen LogP contribution in [0.15, 0.2) is 18.5 Å². The molecule has 1 heterocycles. The highest BCUT2D eigenvalue weighted by molar-refractivity contribution is 5.55. The van der Waals surface area contributed by atoms with Crippen molar-refractivity contribution in [1.29, 1.82) is 5.26 Å². The topological polar surface area (TPSA) is 53.8 Å². The number of carbonyl (C=O) groups excluding carboxylic acids is 1. The third kappa shape index (κ3) is 2.76. The Hall–Kier alpha value is -2.13. The van der Waals surface area contributed by atoms with Gasteiger partial charge in [-0.05, 0) is 6.07 Å². The van der Waals surface area contributed by atoms with E-state index in [1.54, 1.807) is 12.3 Å². The summed E-state index contributed by atoms with van der Waals surface area (Å²) in [5.74, 6) is 5.36. The van der Waals surface area contributed by atoms with E-state index in [-0.39, 0.29) is 6.42 Å². The summed E-state index contributed by atoms with van der Waals surface area (Å²) in [5.41, 5.74) is 1.12. The smallest absolute Gasteiger partial charge is 0.131 e. The zero-order valence-corrected chi connectivity index (χ0v) is 6.82. The van der Waals surface area contributed by atoms with Gasteiger partial charge in [0.05, 0.1) is 12.0 Å². The maximum atomic E-state index is 9.95. The number of pyridine rings is 1. The van der Waals surface area contributed by atoms with Crippen LogP contribution >= 0.6 is 0 Å². The normalized spacial score (nSPS) is 7.92. The Morgan fingerprint density at radius 2 is 2.23 bits per heavy atom. The van der Waals surface area contributed by atoms with Crippen molar-refractivity contribution < 1.29 is 4.79 Å². The highest BCUT2D eigenvalue weighted by Crippen LogP contribution is 1.98. The molecule has 0 fully saturated rings. The van der Waals surface area contributed by atoms with E-state index in [2.05, 4.69) is 16.8 Å². The van der Waals surface area contributed by atoms with Crippen molar-refractivity contribution >= 4 is 6.29 Å². The fourth-order valence-electron chi connectivity index (χ4n) is 0.764. The second-order valence-corrected chi connectivity index (χ2v) is 2.25. The van der Waals surface area contributed by atoms with Crippen molar-refractivity contribution in [2.45, 2.75) is 6.42 Å². The Morgan fingerprint density at radius 1 is 1.46 bits per heavy atom. The summed E-state index contributed by atoms with van der Waals surface area (Å²) in [6.45, 7) is 0. The molecule has 0 aromatic carbocycles. The molecule has 0 aliphatic heterocycles. The quantitative estimate of drug-likeness (QED) is 0.464. The fraction of sp³-hybridized carbons (Fsp3) is 0.100. The molecule has 0 bridgehead atoms. The van der Waals surface area contributed by atoms with E-state index in [1.807, 2.05) is 6.07 Å². The van der Waals surface area contributed by atoms with Gasteiger partial charge in [0, 0.05) is 18.0 Å². The Bertz CT molecular complexity index is 407. The molecule has 1 aromatic heterocycles. The van der Waals surface area contributed by atoms with Gasteiger partial charge in [-0.1, -0.05) is 11.8 Å². The van der Waals surface area contributed by atoms with Crippen LogP contribution in [0.4, 0.5) is 0 Å². The van der Waals surface area contributed by atoms with Crippen LogP contribution in [0.5, 0.6) is 0 Å². The van der Waals surface area contributed by atoms with Crippen LogP contribution in [0, 0.1) is 23.2 Å². The molecule has 0 saturated carbocycles. The number of carbonyl (C=O) groups is 1. The van der Waals surface area contributed by atoms with Crippen molar-refractivity contribution in [3.8, 4) is 17.9 Å². The van der Waals surface area contributed by atoms with E-state index in [0.29, 0.717) is 11.1 Å². The van der Waals surface area contributed by atoms with E-state index in [0.717, 1.165) is 6.29 Å². The SMILES string of the molecule is N#Cc1cncc(C#CCC=O)c1. The summed E-state index contributed by atoms with van der Waals surface area (Å²) in [7, 11) is 0. The summed E-state index contributed by atoms with van der Waals surface area (Å²) < 4.78 is 0. The summed E-state index contributed by atoms with van der Waals surface area (Å²) in [6.07, 6.45) is 3.95. The van der Waals surface area contributed by atoms with Gasteiger partial charge in [0.25, 0.3) is 0 Å². The van der Waals surface area contributed by atoms with Crippen molar-refractivity contribution in [3.63, 3.8) is 0 Å². The van der Waals surface area contributed by atoms with Crippen LogP contribution < -0.4 is 0 Å². The van der Waals surface area contributed by atoms with Gasteiger partial charge in [-0.15, -0.1) is 0 Å². The van der Waals surface area contributed by atoms with Crippen LogP contribution in [-0.4, -0.2) is 11.3 Å². The number of hydrogen-bond donors (Lipinski definition) is 0. The summed E-state index contributed by atoms with van der Waals surface area (Å²) in [5, 5.41) is 8.54. The van der Waals surface area contributed by atoms with Gasteiger partial charge < -0.3 is 4.79 Å². The Labute approximate surface area is 76.0 Å². The van der Waals surface area contributed by atoms with Crippen LogP contribution in [0.3, 0.4) is 0 Å². The molecule has 0 unspecified atom stereocenters. The monoisotopic (exact) mass is 170 g/mol. The van der Waals surface area contributed by atoms with E-state index in [1.165, 1.54) is 6.20 Å². The van der Waals surface area contributed by atoms with E-state index < -0.39 is 0 Å². The minimum atomic E-state index is 0.205. The highest BCUT2D eigenvalue weighted by Gasteiger charge is 1.90. The number of nitriles is 1. The van der Waals surface area contributed by atoms with Crippen LogP contribution in [0.1, 0.15) is 17.5 Å². The first kappa shape index (κ1) is 8.96. The third-order valence-corrected chi connectivity index (χ3v) is 1.29. The zero-order chi connectivity index (χ0) is 9.52. The highest BCUT2D eigenvalue weighted by atomic mass is 16.1. The van der Waals surface area contributed by atoms with Crippen molar-refractivity contribution in [3.05, 3.63) is 29.6 Å². The molecule has 3 heteroatoms. The maximum absolute atomic E-state index is 9.95. The first-order chi connectivity index (χ1) is 6.36. The van der Waals surface area contributed by atoms with E-state index in [4.69, 9.17) is 5.26 Å². The van der Waals surface area contributed by atoms with Gasteiger partial charge in [0.1, 0.15) is 12.4 Å². The molecule has 0 spiro atoms. The average Bonchev–Trinajstić information content (AvgIpc) is 2.19. The molecule has 0 aliphatic rings. The molecular formula is C10H6N2O. The minimum Gasteiger partial charge on any atom is -0.302 e. The third-order valence-electron chi connectivity index (χ3n) is 1.29. The lowest BCUT2D eigenvalue weighted by Gasteiger charge is -1.88. The second-order valence-electron chi connectivity index (χ2n) is 2.25. The van der Waals surface area contributed by atoms with E-state index >= 15 is 0 Å². The van der Waals surface area contributed by atoms with Gasteiger partial charge >= 0.3 is 0 Å². The van der Waals surface area contributed by atoms with Gasteiger partial charge in [-0.2, -0.15) is 5.26 Å². The van der Waals surface area contributed by atoms with Gasteiger partial charge in [0.15, 0.2) is 0 Å². The summed E-state index contributed by atoms with van der Waals surface area (Å²) >= 11 is 0. The fourth-order valence-corrected chi connectivity index (χ4v) is 0.764. The average molecular weight is 170 g/mol. The number of aldehydes is 1. The predicted molar refractivity (Wildman–Crippen MR) is 46.5 cm³/mol. The molecule has 0 atom stereocenters. The molecule has 3 nitrogen and oxygen atoms in total. The van der Waals surface area contributed by atoms with Crippen molar-refractivity contribution in [2.75, 3.05) is 0 Å². The Kier molecular flexibility index (Phi) is 3.23. The van der Waals surface area contributed by atoms with Gasteiger partial charge in [-0.3, -0.25) is 4.98 Å². The van der Waals surface area contributed by atoms with Crippen molar-refractivity contribution in [1.82, 2.24) is 4.98 Å². The van der Waals surface area contributed by atoms with Crippen molar-refractivity contribution in [2.24, 2.45) is 0 Å². The van der Waals surface area contributed by atoms with Gasteiger partial charge in [-0.25, -0.2) is 0 Å². The molecule has 0 radical (unpaired) electrons. The molecule has 13 heavy (non-hydrogen) atoms. The van der Waals surface area contributed by atoms with E-state index in [9.17, 15) is 4.79 Å². The lowest BCUT2D eigenvalue weighted by atomic mass is 10.2. The number of aromatic nitrogens is 1. The number of nitrogens with zero attached hydrogens (tertiary/aromatic N) is 2. The molecule has 0 N–H and O–H groups in total. The first-order valence-corrected chi connectivity index (χ1v) is 3.64. The molecule has 0 amide bonds. The summed E-state index contributed by atoms with van der Waals surface area (Å²) in [4.78, 5) is 13.8. The largest absolute Gasteiger partial charge is 0.302 e. The van der Waals surface area contributed by atoms with Gasteiger partial charge in [0.2, 0.25) is 0 Å². The molecule has 62 valence electrons. The number of hydrogen-bond acceptors (Lipinski definition) is 3. The molecule has 1 rings (SSSR count). The zero-order valence-electron chi connectivity index (χ0n) is 6.82. The first-order valence-electron chi connectivity index (χ1n) is 3.64. The van der Waals surface area contributed by atoms with Crippen LogP contribution in [0.25, 0.3) is 0 Å². The lowest BCUT2D eigenvalue weighted by molar-refractivity contribution is -0.107. The molecule has 1 aromatic rings. The van der Waals surface area contributed by atoms with Crippen LogP contribution in [-0.2, 0) is 4.79 Å². The molecule has 0 saturated heterocycles. The standard InChI is InChI=1S/C10H6N2O/c11-6-10-5-9(7-12-8-10)3-1-2-4-13/h4-5,7-8H,2H2. The maximum Gasteiger partial charge on any atom is 0.131 e. The summed E-state index contributed by atoms with van der Waals surface area (Å²) in [6, 6.07) is 3.59. The minimum absolute atomic E-state index is 0.205. The van der Waals surface area contributed by atoms with Crippen LogP contribution in [0.2, 0.25) is 0 Å².